The maximum Gasteiger partial charge on any atom is 0.271 e. The van der Waals surface area contributed by atoms with Crippen LogP contribution in [0.4, 0.5) is 0 Å². The standard InChI is InChI=1S/C10H13BrN2O2S/c11-9-8(13-6-16-9)10(14)12-4-7-2-1-3-15-5-7/h6-7H,1-5H2,(H,12,14)/t7-/m0/s1. The first-order valence-corrected chi connectivity index (χ1v) is 6.89. The lowest BCUT2D eigenvalue weighted by atomic mass is 10.0. The Morgan fingerprint density at radius 1 is 1.75 bits per heavy atom. The molecule has 1 saturated heterocycles. The van der Waals surface area contributed by atoms with Gasteiger partial charge in [0.15, 0.2) is 5.69 Å². The molecule has 0 bridgehead atoms. The molecular weight excluding hydrogens is 292 g/mol. The maximum atomic E-state index is 11.7. The molecule has 6 heteroatoms. The molecule has 0 radical (unpaired) electrons. The quantitative estimate of drug-likeness (QED) is 0.930. The van der Waals surface area contributed by atoms with E-state index in [9.17, 15) is 4.79 Å². The Morgan fingerprint density at radius 3 is 3.25 bits per heavy atom. The molecule has 1 aromatic rings. The van der Waals surface area contributed by atoms with Gasteiger partial charge >= 0.3 is 0 Å². The molecule has 1 fully saturated rings. The zero-order valence-electron chi connectivity index (χ0n) is 8.74. The topological polar surface area (TPSA) is 51.2 Å². The number of nitrogens with zero attached hydrogens (tertiary/aromatic N) is 1. The van der Waals surface area contributed by atoms with Crippen LogP contribution in [0.3, 0.4) is 0 Å². The second-order valence-corrected chi connectivity index (χ2v) is 5.94. The zero-order valence-corrected chi connectivity index (χ0v) is 11.1. The Morgan fingerprint density at radius 2 is 2.62 bits per heavy atom. The van der Waals surface area contributed by atoms with Crippen LogP contribution < -0.4 is 5.32 Å². The Bertz CT molecular complexity index is 363. The van der Waals surface area contributed by atoms with Crippen molar-refractivity contribution in [1.82, 2.24) is 10.3 Å². The van der Waals surface area contributed by atoms with Gasteiger partial charge in [-0.1, -0.05) is 0 Å². The normalized spacial score (nSPS) is 20.7. The highest BCUT2D eigenvalue weighted by atomic mass is 79.9. The Hall–Kier alpha value is -0.460. The van der Waals surface area contributed by atoms with Crippen molar-refractivity contribution >= 4 is 33.2 Å². The van der Waals surface area contributed by atoms with E-state index in [0.29, 0.717) is 18.2 Å². The minimum atomic E-state index is -0.112. The number of thiazole rings is 1. The molecule has 0 aliphatic carbocycles. The lowest BCUT2D eigenvalue weighted by molar-refractivity contribution is 0.0535. The van der Waals surface area contributed by atoms with Crippen LogP contribution in [0.2, 0.25) is 0 Å². The molecule has 1 aliphatic heterocycles. The summed E-state index contributed by atoms with van der Waals surface area (Å²) in [6, 6.07) is 0. The summed E-state index contributed by atoms with van der Waals surface area (Å²) in [7, 11) is 0. The highest BCUT2D eigenvalue weighted by Gasteiger charge is 2.17. The van der Waals surface area contributed by atoms with Crippen LogP contribution in [0.1, 0.15) is 23.3 Å². The molecule has 0 unspecified atom stereocenters. The van der Waals surface area contributed by atoms with Gasteiger partial charge < -0.3 is 10.1 Å². The van der Waals surface area contributed by atoms with Crippen molar-refractivity contribution in [1.29, 1.82) is 0 Å². The Kier molecular flexibility index (Phi) is 4.31. The smallest absolute Gasteiger partial charge is 0.271 e. The first-order chi connectivity index (χ1) is 7.77. The molecule has 88 valence electrons. The van der Waals surface area contributed by atoms with Crippen molar-refractivity contribution < 1.29 is 9.53 Å². The highest BCUT2D eigenvalue weighted by Crippen LogP contribution is 2.20. The average Bonchev–Trinajstić information content (AvgIpc) is 2.74. The van der Waals surface area contributed by atoms with Gasteiger partial charge in [0, 0.05) is 13.2 Å². The fraction of sp³-hybridized carbons (Fsp3) is 0.600. The molecule has 2 rings (SSSR count). The predicted molar refractivity (Wildman–Crippen MR) is 65.7 cm³/mol. The fourth-order valence-corrected chi connectivity index (χ4v) is 2.71. The maximum absolute atomic E-state index is 11.7. The van der Waals surface area contributed by atoms with E-state index in [-0.39, 0.29) is 5.91 Å². The van der Waals surface area contributed by atoms with Gasteiger partial charge in [0.05, 0.1) is 12.1 Å². The minimum Gasteiger partial charge on any atom is -0.381 e. The molecule has 2 heterocycles. The largest absolute Gasteiger partial charge is 0.381 e. The highest BCUT2D eigenvalue weighted by molar-refractivity contribution is 9.11. The van der Waals surface area contributed by atoms with E-state index in [4.69, 9.17) is 4.74 Å². The minimum absolute atomic E-state index is 0.112. The predicted octanol–water partition coefficient (Wildman–Crippen LogP) is 2.06. The third-order valence-corrected chi connectivity index (χ3v) is 4.09. The first kappa shape index (κ1) is 12.0. The summed E-state index contributed by atoms with van der Waals surface area (Å²) in [5.74, 6) is 0.328. The van der Waals surface area contributed by atoms with Crippen LogP contribution in [0.5, 0.6) is 0 Å². The number of amides is 1. The van der Waals surface area contributed by atoms with Crippen LogP contribution in [-0.2, 0) is 4.74 Å². The van der Waals surface area contributed by atoms with Gasteiger partial charge in [-0.25, -0.2) is 4.98 Å². The third-order valence-electron chi connectivity index (χ3n) is 2.55. The number of carbonyl (C=O) groups is 1. The summed E-state index contributed by atoms with van der Waals surface area (Å²) in [5.41, 5.74) is 2.13. The summed E-state index contributed by atoms with van der Waals surface area (Å²) in [6.45, 7) is 2.27. The third kappa shape index (κ3) is 3.02. The van der Waals surface area contributed by atoms with E-state index >= 15 is 0 Å². The van der Waals surface area contributed by atoms with E-state index in [1.54, 1.807) is 5.51 Å². The SMILES string of the molecule is O=C(NC[C@@H]1CCCOC1)c1ncsc1Br. The lowest BCUT2D eigenvalue weighted by Crippen LogP contribution is -2.33. The fourth-order valence-electron chi connectivity index (χ4n) is 1.67. The molecule has 1 N–H and O–H groups in total. The molecule has 1 amide bonds. The van der Waals surface area contributed by atoms with Gasteiger partial charge in [-0.2, -0.15) is 0 Å². The number of nitrogens with one attached hydrogen (secondary N) is 1. The van der Waals surface area contributed by atoms with Crippen LogP contribution in [0.25, 0.3) is 0 Å². The van der Waals surface area contributed by atoms with Gasteiger partial charge in [0.25, 0.3) is 5.91 Å². The average molecular weight is 305 g/mol. The van der Waals surface area contributed by atoms with E-state index < -0.39 is 0 Å². The van der Waals surface area contributed by atoms with Gasteiger partial charge in [0.1, 0.15) is 3.79 Å². The van der Waals surface area contributed by atoms with Crippen molar-refractivity contribution in [3.63, 3.8) is 0 Å². The number of ether oxygens (including phenoxy) is 1. The first-order valence-electron chi connectivity index (χ1n) is 5.22. The van der Waals surface area contributed by atoms with Crippen molar-refractivity contribution in [2.45, 2.75) is 12.8 Å². The van der Waals surface area contributed by atoms with E-state index in [1.165, 1.54) is 11.3 Å². The van der Waals surface area contributed by atoms with Gasteiger partial charge in [-0.3, -0.25) is 4.79 Å². The molecule has 1 aromatic heterocycles. The van der Waals surface area contributed by atoms with Gasteiger partial charge in [0.2, 0.25) is 0 Å². The summed E-state index contributed by atoms with van der Waals surface area (Å²) in [6.07, 6.45) is 2.21. The molecule has 16 heavy (non-hydrogen) atoms. The molecule has 1 atom stereocenters. The van der Waals surface area contributed by atoms with E-state index in [0.717, 1.165) is 29.8 Å². The Labute approximate surface area is 107 Å². The molecule has 0 spiro atoms. The number of hydrogen-bond acceptors (Lipinski definition) is 4. The number of aromatic nitrogens is 1. The second kappa shape index (κ2) is 5.75. The van der Waals surface area contributed by atoms with Crippen molar-refractivity contribution in [2.24, 2.45) is 5.92 Å². The lowest BCUT2D eigenvalue weighted by Gasteiger charge is -2.21. The van der Waals surface area contributed by atoms with Crippen molar-refractivity contribution in [3.05, 3.63) is 15.0 Å². The van der Waals surface area contributed by atoms with Crippen molar-refractivity contribution in [3.8, 4) is 0 Å². The Balaban J connectivity index is 1.81. The van der Waals surface area contributed by atoms with Crippen LogP contribution >= 0.6 is 27.3 Å². The van der Waals surface area contributed by atoms with E-state index in [1.807, 2.05) is 0 Å². The monoisotopic (exact) mass is 304 g/mol. The number of hydrogen-bond donors (Lipinski definition) is 1. The van der Waals surface area contributed by atoms with Crippen LogP contribution in [-0.4, -0.2) is 30.6 Å². The van der Waals surface area contributed by atoms with Crippen LogP contribution in [0, 0.1) is 5.92 Å². The summed E-state index contributed by atoms with van der Waals surface area (Å²) in [4.78, 5) is 15.7. The summed E-state index contributed by atoms with van der Waals surface area (Å²) in [5, 5.41) is 2.89. The van der Waals surface area contributed by atoms with Gasteiger partial charge in [-0.05, 0) is 34.7 Å². The molecule has 1 aliphatic rings. The second-order valence-electron chi connectivity index (χ2n) is 3.77. The number of carbonyl (C=O) groups excluding carboxylic acids is 1. The van der Waals surface area contributed by atoms with E-state index in [2.05, 4.69) is 26.2 Å². The molecule has 0 aromatic carbocycles. The van der Waals surface area contributed by atoms with Gasteiger partial charge in [-0.15, -0.1) is 11.3 Å². The zero-order chi connectivity index (χ0) is 11.4. The molecular formula is C10H13BrN2O2S. The molecule has 0 saturated carbocycles. The number of halogens is 1. The number of rotatable bonds is 3. The van der Waals surface area contributed by atoms with Crippen LogP contribution in [0.15, 0.2) is 9.30 Å². The summed E-state index contributed by atoms with van der Waals surface area (Å²) < 4.78 is 6.14. The molecule has 4 nitrogen and oxygen atoms in total. The summed E-state index contributed by atoms with van der Waals surface area (Å²) >= 11 is 4.72. The van der Waals surface area contributed by atoms with Crippen molar-refractivity contribution in [2.75, 3.05) is 19.8 Å².